The quantitative estimate of drug-likeness (QED) is 0.654. The molecule has 3 atom stereocenters. The lowest BCUT2D eigenvalue weighted by molar-refractivity contribution is -0.174. The van der Waals surface area contributed by atoms with Crippen molar-refractivity contribution in [3.8, 4) is 23.0 Å². The topological polar surface area (TPSA) is 66.5 Å². The summed E-state index contributed by atoms with van der Waals surface area (Å²) in [5.74, 6) is 1.72. The molecule has 5 rings (SSSR count). The maximum absolute atomic E-state index is 13.5. The standard InChI is InChI=1S/C25H29NO6/c1-4-29-24(27)23-22(16-7-9-17(28-3)10-8-16)18-13-20-21(31-15-30-20)14-19(18)32-25(23,2)26-11-5-6-12-26/h7-10,13-14,22-23H,4-6,11-12,15H2,1-3H3/t22-,23+,25+/m1/s1. The van der Waals surface area contributed by atoms with Gasteiger partial charge in [0.25, 0.3) is 0 Å². The van der Waals surface area contributed by atoms with Gasteiger partial charge in [-0.25, -0.2) is 0 Å². The lowest BCUT2D eigenvalue weighted by Crippen LogP contribution is -2.61. The Balaban J connectivity index is 1.70. The minimum atomic E-state index is -0.853. The van der Waals surface area contributed by atoms with Crippen LogP contribution in [0.4, 0.5) is 0 Å². The molecule has 0 N–H and O–H groups in total. The van der Waals surface area contributed by atoms with Crippen molar-refractivity contribution in [3.63, 3.8) is 0 Å². The number of carbonyl (C=O) groups is 1. The van der Waals surface area contributed by atoms with Gasteiger partial charge in [-0.05, 0) is 50.5 Å². The van der Waals surface area contributed by atoms with Gasteiger partial charge in [-0.15, -0.1) is 0 Å². The van der Waals surface area contributed by atoms with Gasteiger partial charge < -0.3 is 23.7 Å². The maximum atomic E-state index is 13.5. The van der Waals surface area contributed by atoms with Crippen molar-refractivity contribution in [2.24, 2.45) is 5.92 Å². The molecular weight excluding hydrogens is 410 g/mol. The predicted octanol–water partition coefficient (Wildman–Crippen LogP) is 3.94. The molecule has 2 aromatic carbocycles. The van der Waals surface area contributed by atoms with E-state index >= 15 is 0 Å². The molecule has 2 aromatic rings. The third kappa shape index (κ3) is 3.35. The van der Waals surface area contributed by atoms with Crippen molar-refractivity contribution < 1.29 is 28.5 Å². The summed E-state index contributed by atoms with van der Waals surface area (Å²) in [4.78, 5) is 15.8. The van der Waals surface area contributed by atoms with Crippen LogP contribution in [0.1, 0.15) is 43.7 Å². The number of rotatable bonds is 5. The van der Waals surface area contributed by atoms with Crippen LogP contribution in [-0.2, 0) is 9.53 Å². The van der Waals surface area contributed by atoms with E-state index in [1.165, 1.54) is 0 Å². The number of fused-ring (bicyclic) bond motifs is 2. The molecule has 0 spiro atoms. The van der Waals surface area contributed by atoms with Crippen molar-refractivity contribution >= 4 is 5.97 Å². The number of methoxy groups -OCH3 is 1. The zero-order valence-electron chi connectivity index (χ0n) is 18.8. The number of hydrogen-bond donors (Lipinski definition) is 0. The summed E-state index contributed by atoms with van der Waals surface area (Å²) >= 11 is 0. The van der Waals surface area contributed by atoms with Crippen LogP contribution >= 0.6 is 0 Å². The monoisotopic (exact) mass is 439 g/mol. The fourth-order valence-electron chi connectivity index (χ4n) is 5.24. The third-order valence-corrected chi connectivity index (χ3v) is 6.82. The van der Waals surface area contributed by atoms with Gasteiger partial charge in [0.05, 0.1) is 13.7 Å². The van der Waals surface area contributed by atoms with Crippen LogP contribution in [0.25, 0.3) is 0 Å². The van der Waals surface area contributed by atoms with Crippen LogP contribution in [-0.4, -0.2) is 50.2 Å². The van der Waals surface area contributed by atoms with E-state index in [0.29, 0.717) is 23.9 Å². The average Bonchev–Trinajstić information content (AvgIpc) is 3.49. The van der Waals surface area contributed by atoms with E-state index in [1.54, 1.807) is 7.11 Å². The fraction of sp³-hybridized carbons (Fsp3) is 0.480. The van der Waals surface area contributed by atoms with Gasteiger partial charge in [-0.2, -0.15) is 0 Å². The van der Waals surface area contributed by atoms with Crippen molar-refractivity contribution in [3.05, 3.63) is 47.5 Å². The van der Waals surface area contributed by atoms with E-state index in [1.807, 2.05) is 50.2 Å². The lowest BCUT2D eigenvalue weighted by atomic mass is 9.72. The van der Waals surface area contributed by atoms with Gasteiger partial charge in [-0.3, -0.25) is 9.69 Å². The van der Waals surface area contributed by atoms with Crippen LogP contribution in [0, 0.1) is 5.92 Å². The molecule has 3 aliphatic rings. The summed E-state index contributed by atoms with van der Waals surface area (Å²) < 4.78 is 28.9. The van der Waals surface area contributed by atoms with Crippen LogP contribution in [0.2, 0.25) is 0 Å². The number of hydrogen-bond acceptors (Lipinski definition) is 7. The average molecular weight is 440 g/mol. The Labute approximate surface area is 188 Å². The highest BCUT2D eigenvalue weighted by atomic mass is 16.7. The fourth-order valence-corrected chi connectivity index (χ4v) is 5.24. The first-order valence-electron chi connectivity index (χ1n) is 11.2. The van der Waals surface area contributed by atoms with E-state index in [9.17, 15) is 4.79 Å². The number of likely N-dealkylation sites (tertiary alicyclic amines) is 1. The van der Waals surface area contributed by atoms with E-state index in [2.05, 4.69) is 4.90 Å². The highest BCUT2D eigenvalue weighted by Crippen LogP contribution is 2.53. The summed E-state index contributed by atoms with van der Waals surface area (Å²) in [6, 6.07) is 11.7. The molecule has 0 radical (unpaired) electrons. The van der Waals surface area contributed by atoms with E-state index in [0.717, 1.165) is 42.8 Å². The van der Waals surface area contributed by atoms with Crippen LogP contribution in [0.5, 0.6) is 23.0 Å². The molecule has 0 amide bonds. The summed E-state index contributed by atoms with van der Waals surface area (Å²) in [6.07, 6.45) is 2.16. The van der Waals surface area contributed by atoms with Crippen molar-refractivity contribution in [1.82, 2.24) is 4.90 Å². The zero-order valence-corrected chi connectivity index (χ0v) is 18.8. The number of ether oxygens (including phenoxy) is 5. The first-order valence-corrected chi connectivity index (χ1v) is 11.2. The third-order valence-electron chi connectivity index (χ3n) is 6.82. The number of esters is 1. The molecule has 1 saturated heterocycles. The normalized spacial score (nSPS) is 26.3. The maximum Gasteiger partial charge on any atom is 0.315 e. The highest BCUT2D eigenvalue weighted by Gasteiger charge is 2.56. The Hall–Kier alpha value is -2.93. The van der Waals surface area contributed by atoms with Crippen LogP contribution in [0.15, 0.2) is 36.4 Å². The highest BCUT2D eigenvalue weighted by molar-refractivity contribution is 5.78. The van der Waals surface area contributed by atoms with Gasteiger partial charge in [0.15, 0.2) is 17.2 Å². The molecule has 3 aliphatic heterocycles. The minimum absolute atomic E-state index is 0.177. The van der Waals surface area contributed by atoms with Gasteiger partial charge in [0, 0.05) is 30.6 Å². The molecule has 3 heterocycles. The molecule has 170 valence electrons. The van der Waals surface area contributed by atoms with Crippen LogP contribution < -0.4 is 18.9 Å². The zero-order chi connectivity index (χ0) is 22.3. The Morgan fingerprint density at radius 2 is 1.78 bits per heavy atom. The number of nitrogens with zero attached hydrogens (tertiary/aromatic N) is 1. The van der Waals surface area contributed by atoms with E-state index in [-0.39, 0.29) is 18.7 Å². The van der Waals surface area contributed by atoms with Gasteiger partial charge in [-0.1, -0.05) is 12.1 Å². The molecule has 0 aliphatic carbocycles. The van der Waals surface area contributed by atoms with Crippen molar-refractivity contribution in [1.29, 1.82) is 0 Å². The first kappa shape index (κ1) is 20.9. The second-order valence-corrected chi connectivity index (χ2v) is 8.57. The van der Waals surface area contributed by atoms with Crippen molar-refractivity contribution in [2.75, 3.05) is 33.6 Å². The Morgan fingerprint density at radius 1 is 1.09 bits per heavy atom. The van der Waals surface area contributed by atoms with E-state index in [4.69, 9.17) is 23.7 Å². The number of benzene rings is 2. The molecule has 0 aromatic heterocycles. The molecule has 0 bridgehead atoms. The Morgan fingerprint density at radius 3 is 2.44 bits per heavy atom. The molecule has 1 fully saturated rings. The lowest BCUT2D eigenvalue weighted by Gasteiger charge is -2.49. The SMILES string of the molecule is CCOC(=O)[C@@H]1[C@H](c2ccc(OC)cc2)c2cc3c(cc2O[C@]1(C)N1CCCC1)OCO3. The molecule has 32 heavy (non-hydrogen) atoms. The van der Waals surface area contributed by atoms with Gasteiger partial charge in [0.2, 0.25) is 6.79 Å². The number of carbonyl (C=O) groups excluding carboxylic acids is 1. The Kier molecular flexibility index (Phi) is 5.37. The second-order valence-electron chi connectivity index (χ2n) is 8.57. The molecule has 7 heteroatoms. The first-order chi connectivity index (χ1) is 15.5. The molecular formula is C25H29NO6. The molecule has 7 nitrogen and oxygen atoms in total. The predicted molar refractivity (Wildman–Crippen MR) is 117 cm³/mol. The summed E-state index contributed by atoms with van der Waals surface area (Å²) in [7, 11) is 1.64. The Bertz CT molecular complexity index is 1000. The minimum Gasteiger partial charge on any atom is -0.497 e. The summed E-state index contributed by atoms with van der Waals surface area (Å²) in [6.45, 7) is 6.10. The van der Waals surface area contributed by atoms with Gasteiger partial charge in [0.1, 0.15) is 17.4 Å². The van der Waals surface area contributed by atoms with Crippen molar-refractivity contribution in [2.45, 2.75) is 38.3 Å². The van der Waals surface area contributed by atoms with Gasteiger partial charge >= 0.3 is 5.97 Å². The molecule has 0 unspecified atom stereocenters. The van der Waals surface area contributed by atoms with E-state index < -0.39 is 11.6 Å². The largest absolute Gasteiger partial charge is 0.497 e. The second kappa shape index (κ2) is 8.20. The summed E-state index contributed by atoms with van der Waals surface area (Å²) in [5, 5.41) is 0. The smallest absolute Gasteiger partial charge is 0.315 e. The summed E-state index contributed by atoms with van der Waals surface area (Å²) in [5.41, 5.74) is 1.04. The van der Waals surface area contributed by atoms with Crippen LogP contribution in [0.3, 0.4) is 0 Å². The molecule has 0 saturated carbocycles.